The van der Waals surface area contributed by atoms with E-state index in [1.54, 1.807) is 17.3 Å². The summed E-state index contributed by atoms with van der Waals surface area (Å²) in [5, 5.41) is 21.5. The van der Waals surface area contributed by atoms with Crippen LogP contribution in [0.2, 0.25) is 0 Å². The Hall–Kier alpha value is -1.75. The minimum atomic E-state index is -1.34. The number of carbonyl (C=O) groups is 1. The number of carbonyl (C=O) groups excluding carboxylic acids is 1. The SMILES string of the molecule is CC1(C)OB(c2cnc(NCC3CCN(C(=O)C(O)CO)C3)nc2)OC1(C)C. The third-order valence-electron chi connectivity index (χ3n) is 5.80. The van der Waals surface area contributed by atoms with Crippen molar-refractivity contribution in [2.24, 2.45) is 5.92 Å². The van der Waals surface area contributed by atoms with Crippen LogP contribution in [0.3, 0.4) is 0 Å². The second-order valence-electron chi connectivity index (χ2n) is 8.45. The number of rotatable bonds is 6. The lowest BCUT2D eigenvalue weighted by molar-refractivity contribution is -0.141. The van der Waals surface area contributed by atoms with Crippen LogP contribution in [0.1, 0.15) is 34.1 Å². The second kappa shape index (κ2) is 7.94. The average Bonchev–Trinajstić information content (AvgIpc) is 3.21. The highest BCUT2D eigenvalue weighted by molar-refractivity contribution is 6.61. The first-order chi connectivity index (χ1) is 13.1. The smallest absolute Gasteiger partial charge is 0.399 e. The molecule has 0 saturated carbocycles. The Kier molecular flexibility index (Phi) is 5.95. The number of aliphatic hydroxyl groups is 2. The molecule has 9 nitrogen and oxygen atoms in total. The lowest BCUT2D eigenvalue weighted by Gasteiger charge is -2.32. The normalized spacial score (nSPS) is 24.4. The van der Waals surface area contributed by atoms with Gasteiger partial charge in [-0.15, -0.1) is 0 Å². The molecule has 2 aliphatic rings. The molecule has 0 bridgehead atoms. The molecule has 2 aliphatic heterocycles. The van der Waals surface area contributed by atoms with Gasteiger partial charge < -0.3 is 29.7 Å². The molecule has 10 heteroatoms. The van der Waals surface area contributed by atoms with Crippen molar-refractivity contribution >= 4 is 24.4 Å². The van der Waals surface area contributed by atoms with Crippen molar-refractivity contribution in [1.82, 2.24) is 14.9 Å². The second-order valence-corrected chi connectivity index (χ2v) is 8.45. The zero-order chi connectivity index (χ0) is 20.5. The summed E-state index contributed by atoms with van der Waals surface area (Å²) in [7, 11) is -0.494. The maximum atomic E-state index is 11.9. The standard InChI is InChI=1S/C18H29BN4O5/c1-17(2)18(3,4)28-19(27-17)13-8-21-16(22-9-13)20-7-12-5-6-23(10-12)15(26)14(25)11-24/h8-9,12,14,24-25H,5-7,10-11H2,1-4H3,(H,20,21,22). The van der Waals surface area contributed by atoms with E-state index in [0.29, 0.717) is 25.6 Å². The molecule has 0 aliphatic carbocycles. The number of hydrogen-bond acceptors (Lipinski definition) is 8. The van der Waals surface area contributed by atoms with E-state index < -0.39 is 36.9 Å². The van der Waals surface area contributed by atoms with Crippen LogP contribution in [-0.2, 0) is 14.1 Å². The van der Waals surface area contributed by atoms with Crippen LogP contribution < -0.4 is 10.8 Å². The van der Waals surface area contributed by atoms with E-state index in [0.717, 1.165) is 11.9 Å². The van der Waals surface area contributed by atoms with E-state index in [2.05, 4.69) is 15.3 Å². The number of nitrogens with one attached hydrogen (secondary N) is 1. The Morgan fingerprint density at radius 3 is 2.50 bits per heavy atom. The van der Waals surface area contributed by atoms with E-state index in [1.807, 2.05) is 27.7 Å². The number of nitrogens with zero attached hydrogens (tertiary/aromatic N) is 3. The lowest BCUT2D eigenvalue weighted by atomic mass is 9.81. The van der Waals surface area contributed by atoms with Gasteiger partial charge in [0.15, 0.2) is 6.10 Å². The molecule has 3 heterocycles. The van der Waals surface area contributed by atoms with E-state index in [9.17, 15) is 9.90 Å². The predicted molar refractivity (Wildman–Crippen MR) is 104 cm³/mol. The van der Waals surface area contributed by atoms with Crippen LogP contribution >= 0.6 is 0 Å². The summed E-state index contributed by atoms with van der Waals surface area (Å²) in [5.74, 6) is 0.315. The molecule has 28 heavy (non-hydrogen) atoms. The van der Waals surface area contributed by atoms with Crippen LogP contribution in [0.4, 0.5) is 5.95 Å². The third-order valence-corrected chi connectivity index (χ3v) is 5.80. The molecule has 1 amide bonds. The van der Waals surface area contributed by atoms with Crippen LogP contribution in [0.25, 0.3) is 0 Å². The number of aliphatic hydroxyl groups excluding tert-OH is 2. The molecular weight excluding hydrogens is 363 g/mol. The Bertz CT molecular complexity index is 684. The first-order valence-electron chi connectivity index (χ1n) is 9.62. The first-order valence-corrected chi connectivity index (χ1v) is 9.62. The van der Waals surface area contributed by atoms with Gasteiger partial charge in [-0.2, -0.15) is 0 Å². The minimum Gasteiger partial charge on any atom is -0.399 e. The van der Waals surface area contributed by atoms with Gasteiger partial charge in [-0.3, -0.25) is 4.79 Å². The Balaban J connectivity index is 1.50. The number of hydrogen-bond donors (Lipinski definition) is 3. The quantitative estimate of drug-likeness (QED) is 0.549. The molecule has 1 aromatic heterocycles. The summed E-state index contributed by atoms with van der Waals surface area (Å²) in [5.41, 5.74) is -0.0617. The van der Waals surface area contributed by atoms with Crippen LogP contribution in [0.15, 0.2) is 12.4 Å². The highest BCUT2D eigenvalue weighted by Crippen LogP contribution is 2.36. The van der Waals surface area contributed by atoms with Crippen LogP contribution in [-0.4, -0.2) is 81.7 Å². The largest absolute Gasteiger partial charge is 0.498 e. The van der Waals surface area contributed by atoms with Gasteiger partial charge in [-0.25, -0.2) is 9.97 Å². The van der Waals surface area contributed by atoms with Crippen molar-refractivity contribution in [2.75, 3.05) is 31.6 Å². The summed E-state index contributed by atoms with van der Waals surface area (Å²) < 4.78 is 12.0. The van der Waals surface area contributed by atoms with Gasteiger partial charge in [-0.05, 0) is 40.0 Å². The molecular formula is C18H29BN4O5. The first kappa shape index (κ1) is 21.0. The molecule has 3 rings (SSSR count). The van der Waals surface area contributed by atoms with Gasteiger partial charge in [0.1, 0.15) is 0 Å². The highest BCUT2D eigenvalue weighted by Gasteiger charge is 2.51. The van der Waals surface area contributed by atoms with Crippen molar-refractivity contribution in [3.05, 3.63) is 12.4 Å². The summed E-state index contributed by atoms with van der Waals surface area (Å²) in [6, 6.07) is 0. The number of likely N-dealkylation sites (tertiary alicyclic amines) is 1. The van der Waals surface area contributed by atoms with Crippen molar-refractivity contribution in [2.45, 2.75) is 51.4 Å². The molecule has 2 saturated heterocycles. The van der Waals surface area contributed by atoms with Gasteiger partial charge in [0, 0.05) is 37.5 Å². The topological polar surface area (TPSA) is 117 Å². The summed E-state index contributed by atoms with van der Waals surface area (Å²) >= 11 is 0. The monoisotopic (exact) mass is 392 g/mol. The molecule has 154 valence electrons. The molecule has 2 fully saturated rings. The Morgan fingerprint density at radius 2 is 1.93 bits per heavy atom. The Labute approximate surface area is 165 Å². The van der Waals surface area contributed by atoms with E-state index >= 15 is 0 Å². The number of amides is 1. The van der Waals surface area contributed by atoms with E-state index in [4.69, 9.17) is 14.4 Å². The highest BCUT2D eigenvalue weighted by atomic mass is 16.7. The van der Waals surface area contributed by atoms with Crippen LogP contribution in [0, 0.1) is 5.92 Å². The third kappa shape index (κ3) is 4.30. The van der Waals surface area contributed by atoms with E-state index in [1.165, 1.54) is 0 Å². The van der Waals surface area contributed by atoms with E-state index in [-0.39, 0.29) is 5.92 Å². The van der Waals surface area contributed by atoms with Gasteiger partial charge in [-0.1, -0.05) is 0 Å². The van der Waals surface area contributed by atoms with Crippen molar-refractivity contribution in [3.63, 3.8) is 0 Å². The maximum Gasteiger partial charge on any atom is 0.498 e. The maximum absolute atomic E-state index is 11.9. The zero-order valence-electron chi connectivity index (χ0n) is 16.9. The molecule has 3 N–H and O–H groups in total. The van der Waals surface area contributed by atoms with Gasteiger partial charge in [0.2, 0.25) is 5.95 Å². The molecule has 0 radical (unpaired) electrons. The molecule has 0 spiro atoms. The fourth-order valence-corrected chi connectivity index (χ4v) is 3.25. The molecule has 2 atom stereocenters. The minimum absolute atomic E-state index is 0.237. The summed E-state index contributed by atoms with van der Waals surface area (Å²) in [4.78, 5) is 22.2. The molecule has 1 aromatic rings. The zero-order valence-corrected chi connectivity index (χ0v) is 16.9. The van der Waals surface area contributed by atoms with Crippen molar-refractivity contribution in [3.8, 4) is 0 Å². The predicted octanol–water partition coefficient (Wildman–Crippen LogP) is -0.611. The van der Waals surface area contributed by atoms with Gasteiger partial charge in [0.25, 0.3) is 5.91 Å². The van der Waals surface area contributed by atoms with Crippen LogP contribution in [0.5, 0.6) is 0 Å². The number of anilines is 1. The van der Waals surface area contributed by atoms with Gasteiger partial charge >= 0.3 is 7.12 Å². The fraction of sp³-hybridized carbons (Fsp3) is 0.722. The fourth-order valence-electron chi connectivity index (χ4n) is 3.25. The average molecular weight is 392 g/mol. The molecule has 2 unspecified atom stereocenters. The lowest BCUT2D eigenvalue weighted by Crippen LogP contribution is -2.41. The van der Waals surface area contributed by atoms with Gasteiger partial charge in [0.05, 0.1) is 17.8 Å². The summed E-state index contributed by atoms with van der Waals surface area (Å²) in [6.07, 6.45) is 2.87. The summed E-state index contributed by atoms with van der Waals surface area (Å²) in [6.45, 7) is 9.17. The molecule has 0 aromatic carbocycles. The number of aromatic nitrogens is 2. The Morgan fingerprint density at radius 1 is 1.32 bits per heavy atom. The van der Waals surface area contributed by atoms with Crippen molar-refractivity contribution < 1.29 is 24.3 Å². The van der Waals surface area contributed by atoms with Crippen molar-refractivity contribution in [1.29, 1.82) is 0 Å².